The van der Waals surface area contributed by atoms with Gasteiger partial charge in [0.05, 0.1) is 59.9 Å². The van der Waals surface area contributed by atoms with Crippen LogP contribution in [0.5, 0.6) is 28.7 Å². The number of aliphatic hydroxyl groups excluding tert-OH is 1. The van der Waals surface area contributed by atoms with Crippen LogP contribution in [-0.2, 0) is 14.3 Å². The van der Waals surface area contributed by atoms with Crippen molar-refractivity contribution in [1.29, 1.82) is 0 Å². The molecule has 1 atom stereocenters. The lowest BCUT2D eigenvalue weighted by atomic mass is 9.94. The Morgan fingerprint density at radius 3 is 1.89 bits per heavy atom. The molecule has 200 valence electrons. The summed E-state index contributed by atoms with van der Waals surface area (Å²) in [5.41, 5.74) is 0.488. The third-order valence-electron chi connectivity index (χ3n) is 5.99. The fourth-order valence-electron chi connectivity index (χ4n) is 4.32. The van der Waals surface area contributed by atoms with E-state index >= 15 is 0 Å². The SMILES string of the molecule is COc1cc(C2/C(=C(\O)c3c(OC)cccc3OC)C(=O)C(=O)N2CCOC(C)C)cc(OC)c1OC. The predicted octanol–water partition coefficient (Wildman–Crippen LogP) is 3.58. The van der Waals surface area contributed by atoms with Crippen LogP contribution < -0.4 is 23.7 Å². The lowest BCUT2D eigenvalue weighted by Gasteiger charge is -2.27. The Morgan fingerprint density at radius 2 is 1.43 bits per heavy atom. The van der Waals surface area contributed by atoms with E-state index in [2.05, 4.69) is 0 Å². The molecule has 10 nitrogen and oxygen atoms in total. The van der Waals surface area contributed by atoms with E-state index in [-0.39, 0.29) is 41.9 Å². The van der Waals surface area contributed by atoms with Gasteiger partial charge in [0, 0.05) is 6.54 Å². The number of amides is 1. The molecule has 3 rings (SSSR count). The van der Waals surface area contributed by atoms with E-state index in [1.54, 1.807) is 30.3 Å². The van der Waals surface area contributed by atoms with Crippen molar-refractivity contribution >= 4 is 17.4 Å². The molecule has 37 heavy (non-hydrogen) atoms. The van der Waals surface area contributed by atoms with E-state index in [0.29, 0.717) is 22.8 Å². The van der Waals surface area contributed by atoms with Gasteiger partial charge in [-0.1, -0.05) is 6.07 Å². The first kappa shape index (κ1) is 27.7. The van der Waals surface area contributed by atoms with Crippen LogP contribution in [0.3, 0.4) is 0 Å². The van der Waals surface area contributed by atoms with Crippen molar-refractivity contribution in [3.8, 4) is 28.7 Å². The number of carbonyl (C=O) groups excluding carboxylic acids is 2. The van der Waals surface area contributed by atoms with Crippen molar-refractivity contribution in [1.82, 2.24) is 4.90 Å². The van der Waals surface area contributed by atoms with E-state index in [0.717, 1.165) is 0 Å². The minimum atomic E-state index is -0.987. The molecule has 1 aliphatic rings. The molecule has 1 saturated heterocycles. The highest BCUT2D eigenvalue weighted by atomic mass is 16.5. The molecule has 1 aliphatic heterocycles. The van der Waals surface area contributed by atoms with Crippen LogP contribution in [0, 0.1) is 0 Å². The number of likely N-dealkylation sites (tertiary alicyclic amines) is 1. The van der Waals surface area contributed by atoms with Gasteiger partial charge in [-0.3, -0.25) is 9.59 Å². The average molecular weight is 516 g/mol. The lowest BCUT2D eigenvalue weighted by molar-refractivity contribution is -0.140. The summed E-state index contributed by atoms with van der Waals surface area (Å²) in [7, 11) is 7.28. The number of aliphatic hydroxyl groups is 1. The van der Waals surface area contributed by atoms with Gasteiger partial charge in [0.25, 0.3) is 11.7 Å². The van der Waals surface area contributed by atoms with Crippen LogP contribution in [0.1, 0.15) is 31.0 Å². The monoisotopic (exact) mass is 515 g/mol. The Labute approximate surface area is 216 Å². The van der Waals surface area contributed by atoms with Gasteiger partial charge in [0.15, 0.2) is 11.5 Å². The molecule has 1 fully saturated rings. The van der Waals surface area contributed by atoms with E-state index in [4.69, 9.17) is 28.4 Å². The number of Topliss-reactive ketones (excluding diaryl/α,β-unsaturated/α-hetero) is 1. The van der Waals surface area contributed by atoms with Crippen LogP contribution in [0.2, 0.25) is 0 Å². The molecule has 1 amide bonds. The summed E-state index contributed by atoms with van der Waals surface area (Å²) < 4.78 is 32.9. The second-order valence-electron chi connectivity index (χ2n) is 8.41. The summed E-state index contributed by atoms with van der Waals surface area (Å²) in [6.45, 7) is 4.03. The van der Waals surface area contributed by atoms with E-state index in [9.17, 15) is 14.7 Å². The van der Waals surface area contributed by atoms with Crippen LogP contribution in [0.25, 0.3) is 5.76 Å². The normalized spacial score (nSPS) is 16.8. The number of hydrogen-bond donors (Lipinski definition) is 1. The van der Waals surface area contributed by atoms with Crippen LogP contribution >= 0.6 is 0 Å². The largest absolute Gasteiger partial charge is 0.506 e. The molecule has 2 aromatic rings. The van der Waals surface area contributed by atoms with Gasteiger partial charge in [-0.25, -0.2) is 0 Å². The highest BCUT2D eigenvalue weighted by Gasteiger charge is 2.47. The molecule has 1 heterocycles. The van der Waals surface area contributed by atoms with E-state index in [1.165, 1.54) is 40.4 Å². The third-order valence-corrected chi connectivity index (χ3v) is 5.99. The van der Waals surface area contributed by atoms with Gasteiger partial charge in [-0.15, -0.1) is 0 Å². The molecule has 0 bridgehead atoms. The maximum atomic E-state index is 13.4. The zero-order valence-electron chi connectivity index (χ0n) is 22.1. The Kier molecular flexibility index (Phi) is 8.88. The molecule has 0 aliphatic carbocycles. The molecule has 0 aromatic heterocycles. The fraction of sp³-hybridized carbons (Fsp3) is 0.407. The number of benzene rings is 2. The Bertz CT molecular complexity index is 1140. The number of carbonyl (C=O) groups is 2. The molecule has 1 N–H and O–H groups in total. The van der Waals surface area contributed by atoms with Gasteiger partial charge in [0.1, 0.15) is 22.8 Å². The topological polar surface area (TPSA) is 113 Å². The Hall–Kier alpha value is -3.92. The Morgan fingerprint density at radius 1 is 0.892 bits per heavy atom. The predicted molar refractivity (Wildman–Crippen MR) is 136 cm³/mol. The van der Waals surface area contributed by atoms with Crippen molar-refractivity contribution in [2.24, 2.45) is 0 Å². The van der Waals surface area contributed by atoms with E-state index < -0.39 is 23.5 Å². The average Bonchev–Trinajstić information content (AvgIpc) is 3.15. The molecule has 1 unspecified atom stereocenters. The second-order valence-corrected chi connectivity index (χ2v) is 8.41. The summed E-state index contributed by atoms with van der Waals surface area (Å²) in [6.07, 6.45) is -0.0747. The Balaban J connectivity index is 2.31. The first-order valence-corrected chi connectivity index (χ1v) is 11.6. The number of methoxy groups -OCH3 is 5. The maximum Gasteiger partial charge on any atom is 0.295 e. The highest BCUT2D eigenvalue weighted by Crippen LogP contribution is 2.47. The molecular weight excluding hydrogens is 482 g/mol. The molecular formula is C27H33NO9. The zero-order chi connectivity index (χ0) is 27.3. The summed E-state index contributed by atoms with van der Waals surface area (Å²) in [4.78, 5) is 28.1. The minimum absolute atomic E-state index is 0.0747. The van der Waals surface area contributed by atoms with Gasteiger partial charge in [-0.2, -0.15) is 0 Å². The number of rotatable bonds is 11. The van der Waals surface area contributed by atoms with Gasteiger partial charge in [-0.05, 0) is 43.7 Å². The number of ketones is 1. The van der Waals surface area contributed by atoms with Crippen LogP contribution in [0.15, 0.2) is 35.9 Å². The van der Waals surface area contributed by atoms with Gasteiger partial charge >= 0.3 is 0 Å². The van der Waals surface area contributed by atoms with E-state index in [1.807, 2.05) is 13.8 Å². The second kappa shape index (κ2) is 11.9. The van der Waals surface area contributed by atoms with Crippen molar-refractivity contribution in [2.45, 2.75) is 26.0 Å². The summed E-state index contributed by atoms with van der Waals surface area (Å²) in [5.74, 6) is -0.509. The molecule has 2 aromatic carbocycles. The van der Waals surface area contributed by atoms with Gasteiger partial charge in [0.2, 0.25) is 5.75 Å². The first-order chi connectivity index (χ1) is 17.7. The zero-order valence-corrected chi connectivity index (χ0v) is 22.1. The van der Waals surface area contributed by atoms with Crippen LogP contribution in [0.4, 0.5) is 0 Å². The van der Waals surface area contributed by atoms with Crippen molar-refractivity contribution < 1.29 is 43.1 Å². The first-order valence-electron chi connectivity index (χ1n) is 11.6. The number of ether oxygens (including phenoxy) is 6. The quantitative estimate of drug-likeness (QED) is 0.273. The molecule has 0 radical (unpaired) electrons. The number of hydrogen-bond acceptors (Lipinski definition) is 9. The standard InChI is InChI=1S/C27H33NO9/c1-15(2)37-12-11-28-23(16-13-19(34-5)26(36-7)20(14-16)35-6)22(25(30)27(28)31)24(29)21-17(32-3)9-8-10-18(21)33-4/h8-10,13-15,23,29H,11-12H2,1-7H3/b24-22+. The summed E-state index contributed by atoms with van der Waals surface area (Å²) in [5, 5.41) is 11.6. The van der Waals surface area contributed by atoms with Crippen LogP contribution in [-0.4, -0.2) is 76.5 Å². The van der Waals surface area contributed by atoms with Gasteiger partial charge < -0.3 is 38.4 Å². The summed E-state index contributed by atoms with van der Waals surface area (Å²) in [6, 6.07) is 7.23. The maximum absolute atomic E-state index is 13.4. The van der Waals surface area contributed by atoms with Crippen molar-refractivity contribution in [2.75, 3.05) is 48.7 Å². The smallest absolute Gasteiger partial charge is 0.295 e. The number of nitrogens with zero attached hydrogens (tertiary/aromatic N) is 1. The van der Waals surface area contributed by atoms with Crippen molar-refractivity contribution in [3.63, 3.8) is 0 Å². The summed E-state index contributed by atoms with van der Waals surface area (Å²) >= 11 is 0. The fourth-order valence-corrected chi connectivity index (χ4v) is 4.32. The minimum Gasteiger partial charge on any atom is -0.506 e. The molecule has 10 heteroatoms. The highest BCUT2D eigenvalue weighted by molar-refractivity contribution is 6.46. The molecule has 0 spiro atoms. The van der Waals surface area contributed by atoms with Crippen molar-refractivity contribution in [3.05, 3.63) is 47.0 Å². The third kappa shape index (κ3) is 5.29. The lowest BCUT2D eigenvalue weighted by Crippen LogP contribution is -2.33. The molecule has 0 saturated carbocycles.